The Morgan fingerprint density at radius 2 is 2.20 bits per heavy atom. The molecule has 20 heavy (non-hydrogen) atoms. The maximum atomic E-state index is 12.7. The van der Waals surface area contributed by atoms with Crippen molar-refractivity contribution in [3.05, 3.63) is 29.3 Å². The number of nitrogens with zero attached hydrogens (tertiary/aromatic N) is 1. The fourth-order valence-electron chi connectivity index (χ4n) is 2.46. The molecule has 0 bridgehead atoms. The van der Waals surface area contributed by atoms with Crippen molar-refractivity contribution >= 4 is 10.0 Å². The van der Waals surface area contributed by atoms with E-state index in [-0.39, 0.29) is 0 Å². The van der Waals surface area contributed by atoms with Gasteiger partial charge in [-0.25, -0.2) is 12.7 Å². The van der Waals surface area contributed by atoms with E-state index in [2.05, 4.69) is 5.32 Å². The summed E-state index contributed by atoms with van der Waals surface area (Å²) >= 11 is 0. The largest absolute Gasteiger partial charge is 0.385 e. The first kappa shape index (κ1) is 15.4. The molecular weight excluding hydrogens is 276 g/mol. The minimum atomic E-state index is -3.41. The van der Waals surface area contributed by atoms with E-state index < -0.39 is 10.0 Å². The van der Waals surface area contributed by atoms with Gasteiger partial charge in [0.1, 0.15) is 0 Å². The molecule has 0 aliphatic carbocycles. The summed E-state index contributed by atoms with van der Waals surface area (Å²) < 4.78 is 31.7. The third kappa shape index (κ3) is 3.20. The number of hydrogen-bond donors (Lipinski definition) is 1. The van der Waals surface area contributed by atoms with E-state index in [9.17, 15) is 8.42 Å². The molecule has 1 aliphatic heterocycles. The Hall–Kier alpha value is -0.950. The molecule has 0 radical (unpaired) electrons. The lowest BCUT2D eigenvalue weighted by Crippen LogP contribution is -2.31. The number of rotatable bonds is 6. The molecule has 0 saturated heterocycles. The highest BCUT2D eigenvalue weighted by Gasteiger charge is 2.25. The number of ether oxygens (including phenoxy) is 1. The van der Waals surface area contributed by atoms with Crippen LogP contribution in [0.2, 0.25) is 0 Å². The molecule has 2 rings (SSSR count). The molecule has 0 unspecified atom stereocenters. The Labute approximate surface area is 121 Å². The highest BCUT2D eigenvalue weighted by molar-refractivity contribution is 7.89. The van der Waals surface area contributed by atoms with Crippen LogP contribution in [0.5, 0.6) is 0 Å². The number of sulfonamides is 1. The van der Waals surface area contributed by atoms with E-state index in [4.69, 9.17) is 4.74 Å². The molecule has 1 aliphatic rings. The number of benzene rings is 1. The number of fused-ring (bicyclic) bond motifs is 1. The topological polar surface area (TPSA) is 58.6 Å². The second-order valence-corrected chi connectivity index (χ2v) is 7.01. The second kappa shape index (κ2) is 6.67. The number of nitrogens with one attached hydrogen (secondary N) is 1. The molecule has 0 fully saturated rings. The van der Waals surface area contributed by atoms with Crippen molar-refractivity contribution < 1.29 is 13.2 Å². The molecule has 0 aromatic heterocycles. The molecule has 5 nitrogen and oxygen atoms in total. The van der Waals surface area contributed by atoms with Crippen LogP contribution in [0.3, 0.4) is 0 Å². The first-order valence-corrected chi connectivity index (χ1v) is 8.28. The van der Waals surface area contributed by atoms with Gasteiger partial charge < -0.3 is 10.1 Å². The zero-order valence-electron chi connectivity index (χ0n) is 12.1. The minimum Gasteiger partial charge on any atom is -0.385 e. The first-order chi connectivity index (χ1) is 9.57. The summed E-state index contributed by atoms with van der Waals surface area (Å²) in [6.07, 6.45) is 1.46. The average molecular weight is 298 g/mol. The Bertz CT molecular complexity index is 558. The predicted octanol–water partition coefficient (Wildman–Crippen LogP) is 0.989. The molecule has 0 atom stereocenters. The smallest absolute Gasteiger partial charge is 0.243 e. The van der Waals surface area contributed by atoms with Gasteiger partial charge in [-0.3, -0.25) is 0 Å². The third-order valence-corrected chi connectivity index (χ3v) is 5.55. The van der Waals surface area contributed by atoms with Gasteiger partial charge in [-0.05, 0) is 36.6 Å². The van der Waals surface area contributed by atoms with Crippen LogP contribution in [0, 0.1) is 0 Å². The zero-order chi connectivity index (χ0) is 14.6. The molecule has 1 aromatic rings. The van der Waals surface area contributed by atoms with Crippen molar-refractivity contribution in [2.24, 2.45) is 0 Å². The Balaban J connectivity index is 2.25. The minimum absolute atomic E-state index is 0.455. The normalized spacial score (nSPS) is 15.3. The summed E-state index contributed by atoms with van der Waals surface area (Å²) in [5.41, 5.74) is 2.05. The molecule has 1 N–H and O–H groups in total. The van der Waals surface area contributed by atoms with E-state index in [0.717, 1.165) is 30.6 Å². The van der Waals surface area contributed by atoms with E-state index in [1.807, 2.05) is 12.1 Å². The third-order valence-electron chi connectivity index (χ3n) is 3.61. The van der Waals surface area contributed by atoms with Crippen LogP contribution >= 0.6 is 0 Å². The molecule has 1 heterocycles. The van der Waals surface area contributed by atoms with E-state index in [0.29, 0.717) is 24.5 Å². The van der Waals surface area contributed by atoms with Gasteiger partial charge in [-0.15, -0.1) is 0 Å². The maximum absolute atomic E-state index is 12.7. The quantitative estimate of drug-likeness (QED) is 0.796. The monoisotopic (exact) mass is 298 g/mol. The summed E-state index contributed by atoms with van der Waals surface area (Å²) in [6, 6.07) is 5.53. The summed E-state index contributed by atoms with van der Waals surface area (Å²) in [7, 11) is -0.160. The Kier molecular flexibility index (Phi) is 5.15. The molecule has 1 aromatic carbocycles. The van der Waals surface area contributed by atoms with Crippen LogP contribution in [-0.2, 0) is 27.7 Å². The van der Waals surface area contributed by atoms with E-state index in [1.54, 1.807) is 20.2 Å². The summed E-state index contributed by atoms with van der Waals surface area (Å²) in [5, 5.41) is 3.27. The van der Waals surface area contributed by atoms with Crippen molar-refractivity contribution in [2.75, 3.05) is 33.9 Å². The van der Waals surface area contributed by atoms with Gasteiger partial charge in [0.15, 0.2) is 0 Å². The lowest BCUT2D eigenvalue weighted by molar-refractivity contribution is 0.189. The van der Waals surface area contributed by atoms with Crippen molar-refractivity contribution in [1.29, 1.82) is 0 Å². The zero-order valence-corrected chi connectivity index (χ0v) is 12.9. The van der Waals surface area contributed by atoms with Crippen LogP contribution in [0.4, 0.5) is 0 Å². The number of methoxy groups -OCH3 is 1. The van der Waals surface area contributed by atoms with Gasteiger partial charge in [0.05, 0.1) is 4.90 Å². The van der Waals surface area contributed by atoms with E-state index in [1.165, 1.54) is 4.31 Å². The Morgan fingerprint density at radius 1 is 1.40 bits per heavy atom. The van der Waals surface area contributed by atoms with Crippen molar-refractivity contribution in [2.45, 2.75) is 24.3 Å². The summed E-state index contributed by atoms with van der Waals surface area (Å²) in [5.74, 6) is 0. The lowest BCUT2D eigenvalue weighted by Gasteiger charge is -2.23. The molecular formula is C14H22N2O3S. The Morgan fingerprint density at radius 3 is 2.95 bits per heavy atom. The van der Waals surface area contributed by atoms with Gasteiger partial charge in [0.2, 0.25) is 10.0 Å². The fourth-order valence-corrected chi connectivity index (χ4v) is 3.96. The van der Waals surface area contributed by atoms with Gasteiger partial charge in [0, 0.05) is 33.9 Å². The van der Waals surface area contributed by atoms with Crippen molar-refractivity contribution in [1.82, 2.24) is 9.62 Å². The van der Waals surface area contributed by atoms with Gasteiger partial charge in [0.25, 0.3) is 0 Å². The summed E-state index contributed by atoms with van der Waals surface area (Å²) in [4.78, 5) is 0.455. The van der Waals surface area contributed by atoms with Gasteiger partial charge in [-0.2, -0.15) is 0 Å². The van der Waals surface area contributed by atoms with E-state index >= 15 is 0 Å². The second-order valence-electron chi connectivity index (χ2n) is 4.99. The van der Waals surface area contributed by atoms with Gasteiger partial charge >= 0.3 is 0 Å². The predicted molar refractivity (Wildman–Crippen MR) is 78.2 cm³/mol. The molecule has 0 amide bonds. The fraction of sp³-hybridized carbons (Fsp3) is 0.571. The average Bonchev–Trinajstić information content (AvgIpc) is 2.46. The first-order valence-electron chi connectivity index (χ1n) is 6.84. The highest BCUT2D eigenvalue weighted by atomic mass is 32.2. The maximum Gasteiger partial charge on any atom is 0.243 e. The molecule has 6 heteroatoms. The van der Waals surface area contributed by atoms with Crippen LogP contribution < -0.4 is 5.32 Å². The van der Waals surface area contributed by atoms with Gasteiger partial charge in [-0.1, -0.05) is 12.1 Å². The van der Waals surface area contributed by atoms with Crippen LogP contribution in [0.15, 0.2) is 23.1 Å². The highest BCUT2D eigenvalue weighted by Crippen LogP contribution is 2.25. The van der Waals surface area contributed by atoms with Crippen molar-refractivity contribution in [3.8, 4) is 0 Å². The van der Waals surface area contributed by atoms with Crippen LogP contribution in [0.1, 0.15) is 17.5 Å². The molecule has 0 saturated carbocycles. The standard InChI is InChI=1S/C14H22N2O3S/c1-16(9-4-10-19-2)20(17,18)14-6-3-5-12-11-15-8-7-13(12)14/h3,5-6,15H,4,7-11H2,1-2H3. The molecule has 0 spiro atoms. The summed E-state index contributed by atoms with van der Waals surface area (Å²) in [6.45, 7) is 2.60. The van der Waals surface area contributed by atoms with Crippen molar-refractivity contribution in [3.63, 3.8) is 0 Å². The SMILES string of the molecule is COCCCN(C)S(=O)(=O)c1cccc2c1CCNC2. The van der Waals surface area contributed by atoms with Crippen LogP contribution in [0.25, 0.3) is 0 Å². The lowest BCUT2D eigenvalue weighted by atomic mass is 10.0. The van der Waals surface area contributed by atoms with Crippen LogP contribution in [-0.4, -0.2) is 46.6 Å². The molecule has 112 valence electrons. The number of hydrogen-bond acceptors (Lipinski definition) is 4.